The molecule has 0 saturated heterocycles. The molecule has 24 heavy (non-hydrogen) atoms. The van der Waals surface area contributed by atoms with Crippen LogP contribution in [0.1, 0.15) is 29.8 Å². The van der Waals surface area contributed by atoms with E-state index in [-0.39, 0.29) is 12.2 Å². The van der Waals surface area contributed by atoms with Crippen LogP contribution in [0, 0.1) is 0 Å². The van der Waals surface area contributed by atoms with Gasteiger partial charge in [0, 0.05) is 6.42 Å². The average molecular weight is 339 g/mol. The SMILES string of the molecule is O=C(O)CCC/C(=C\c1ccc(O)cc1)c1nc2ccccc2s1. The molecule has 5 heteroatoms. The van der Waals surface area contributed by atoms with Crippen molar-refractivity contribution in [2.24, 2.45) is 0 Å². The number of aliphatic carboxylic acids is 1. The molecule has 0 radical (unpaired) electrons. The predicted molar refractivity (Wildman–Crippen MR) is 97.1 cm³/mol. The van der Waals surface area contributed by atoms with Crippen molar-refractivity contribution in [3.63, 3.8) is 0 Å². The van der Waals surface area contributed by atoms with E-state index in [2.05, 4.69) is 4.98 Å². The lowest BCUT2D eigenvalue weighted by Gasteiger charge is -2.04. The van der Waals surface area contributed by atoms with Crippen molar-refractivity contribution in [1.29, 1.82) is 0 Å². The van der Waals surface area contributed by atoms with Gasteiger partial charge >= 0.3 is 5.97 Å². The first kappa shape index (κ1) is 16.2. The highest BCUT2D eigenvalue weighted by atomic mass is 32.1. The van der Waals surface area contributed by atoms with E-state index < -0.39 is 5.97 Å². The topological polar surface area (TPSA) is 70.4 Å². The zero-order valence-corrected chi connectivity index (χ0v) is 13.8. The monoisotopic (exact) mass is 339 g/mol. The Morgan fingerprint density at radius 2 is 1.83 bits per heavy atom. The number of phenolic OH excluding ortho intramolecular Hbond substituents is 1. The summed E-state index contributed by atoms with van der Waals surface area (Å²) in [5, 5.41) is 19.2. The van der Waals surface area contributed by atoms with Gasteiger partial charge in [-0.2, -0.15) is 0 Å². The molecule has 0 aliphatic heterocycles. The molecule has 3 rings (SSSR count). The summed E-state index contributed by atoms with van der Waals surface area (Å²) in [6, 6.07) is 14.9. The number of thiazole rings is 1. The van der Waals surface area contributed by atoms with Crippen molar-refractivity contribution in [2.45, 2.75) is 19.3 Å². The number of hydrogen-bond donors (Lipinski definition) is 2. The number of phenols is 1. The van der Waals surface area contributed by atoms with Gasteiger partial charge < -0.3 is 10.2 Å². The molecule has 0 fully saturated rings. The van der Waals surface area contributed by atoms with E-state index >= 15 is 0 Å². The molecule has 1 heterocycles. The van der Waals surface area contributed by atoms with Gasteiger partial charge in [0.1, 0.15) is 10.8 Å². The first-order chi connectivity index (χ1) is 11.6. The van der Waals surface area contributed by atoms with Crippen LogP contribution in [0.3, 0.4) is 0 Å². The molecule has 4 nitrogen and oxygen atoms in total. The number of nitrogens with zero attached hydrogens (tertiary/aromatic N) is 1. The lowest BCUT2D eigenvalue weighted by Crippen LogP contribution is -1.94. The average Bonchev–Trinajstić information content (AvgIpc) is 2.99. The predicted octanol–water partition coefficient (Wildman–Crippen LogP) is 4.80. The summed E-state index contributed by atoms with van der Waals surface area (Å²) < 4.78 is 1.11. The van der Waals surface area contributed by atoms with Crippen molar-refractivity contribution in [2.75, 3.05) is 0 Å². The molecule has 0 aliphatic rings. The zero-order chi connectivity index (χ0) is 16.9. The number of benzene rings is 2. The number of rotatable bonds is 6. The molecule has 1 aromatic heterocycles. The van der Waals surface area contributed by atoms with Gasteiger partial charge in [-0.3, -0.25) is 4.79 Å². The van der Waals surface area contributed by atoms with Crippen molar-refractivity contribution in [1.82, 2.24) is 4.98 Å². The Bertz CT molecular complexity index is 848. The number of para-hydroxylation sites is 1. The van der Waals surface area contributed by atoms with Crippen molar-refractivity contribution in [3.05, 3.63) is 59.1 Å². The summed E-state index contributed by atoms with van der Waals surface area (Å²) >= 11 is 1.61. The van der Waals surface area contributed by atoms with Crippen LogP contribution in [0.4, 0.5) is 0 Å². The molecule has 122 valence electrons. The van der Waals surface area contributed by atoms with Crippen LogP contribution in [0.5, 0.6) is 5.75 Å². The highest BCUT2D eigenvalue weighted by Gasteiger charge is 2.10. The fourth-order valence-corrected chi connectivity index (χ4v) is 3.46. The summed E-state index contributed by atoms with van der Waals surface area (Å²) in [7, 11) is 0. The van der Waals surface area contributed by atoms with Gasteiger partial charge in [-0.25, -0.2) is 4.98 Å². The van der Waals surface area contributed by atoms with Crippen LogP contribution >= 0.6 is 11.3 Å². The van der Waals surface area contributed by atoms with E-state index in [0.29, 0.717) is 12.8 Å². The minimum atomic E-state index is -0.789. The second-order valence-electron chi connectivity index (χ2n) is 5.50. The second-order valence-corrected chi connectivity index (χ2v) is 6.53. The summed E-state index contributed by atoms with van der Waals surface area (Å²) in [4.78, 5) is 15.5. The fraction of sp³-hybridized carbons (Fsp3) is 0.158. The number of aromatic hydroxyl groups is 1. The van der Waals surface area contributed by atoms with E-state index in [1.165, 1.54) is 0 Å². The zero-order valence-electron chi connectivity index (χ0n) is 13.0. The number of carbonyl (C=O) groups is 1. The Kier molecular flexibility index (Phi) is 4.91. The molecule has 0 bridgehead atoms. The van der Waals surface area contributed by atoms with Crippen LogP contribution in [0.2, 0.25) is 0 Å². The van der Waals surface area contributed by atoms with E-state index in [1.54, 1.807) is 23.5 Å². The van der Waals surface area contributed by atoms with Gasteiger partial charge in [0.25, 0.3) is 0 Å². The van der Waals surface area contributed by atoms with Crippen LogP contribution in [0.25, 0.3) is 21.9 Å². The van der Waals surface area contributed by atoms with Crippen molar-refractivity contribution in [3.8, 4) is 5.75 Å². The van der Waals surface area contributed by atoms with Crippen LogP contribution in [-0.4, -0.2) is 21.2 Å². The molecule has 0 atom stereocenters. The Labute approximate surface area is 143 Å². The summed E-state index contributed by atoms with van der Waals surface area (Å²) in [6.45, 7) is 0. The molecule has 2 aromatic carbocycles. The third-order valence-electron chi connectivity index (χ3n) is 3.64. The largest absolute Gasteiger partial charge is 0.508 e. The summed E-state index contributed by atoms with van der Waals surface area (Å²) in [6.07, 6.45) is 3.36. The summed E-state index contributed by atoms with van der Waals surface area (Å²) in [5.74, 6) is -0.567. The second kappa shape index (κ2) is 7.27. The third kappa shape index (κ3) is 4.00. The lowest BCUT2D eigenvalue weighted by atomic mass is 10.1. The van der Waals surface area contributed by atoms with E-state index in [0.717, 1.165) is 26.4 Å². The van der Waals surface area contributed by atoms with E-state index in [4.69, 9.17) is 5.11 Å². The number of carboxylic acids is 1. The van der Waals surface area contributed by atoms with E-state index in [9.17, 15) is 9.90 Å². The maximum atomic E-state index is 10.8. The van der Waals surface area contributed by atoms with Crippen LogP contribution < -0.4 is 0 Å². The Morgan fingerprint density at radius 1 is 1.08 bits per heavy atom. The first-order valence-corrected chi connectivity index (χ1v) is 8.51. The molecule has 3 aromatic rings. The molecule has 2 N–H and O–H groups in total. The molecule has 0 aliphatic carbocycles. The highest BCUT2D eigenvalue weighted by Crippen LogP contribution is 2.31. The minimum absolute atomic E-state index is 0.137. The Hall–Kier alpha value is -2.66. The molecular formula is C19H17NO3S. The van der Waals surface area contributed by atoms with E-state index in [1.807, 2.05) is 42.5 Å². The Balaban J connectivity index is 1.93. The molecule has 0 amide bonds. The third-order valence-corrected chi connectivity index (χ3v) is 4.75. The van der Waals surface area contributed by atoms with Crippen molar-refractivity contribution >= 4 is 39.2 Å². The quantitative estimate of drug-likeness (QED) is 0.677. The number of hydrogen-bond acceptors (Lipinski definition) is 4. The van der Waals surface area contributed by atoms with Gasteiger partial charge in [-0.05, 0) is 54.3 Å². The van der Waals surface area contributed by atoms with Crippen LogP contribution in [0.15, 0.2) is 48.5 Å². The molecule has 0 spiro atoms. The van der Waals surface area contributed by atoms with Gasteiger partial charge in [0.05, 0.1) is 10.2 Å². The number of aromatic nitrogens is 1. The first-order valence-electron chi connectivity index (χ1n) is 7.69. The van der Waals surface area contributed by atoms with Crippen LogP contribution in [-0.2, 0) is 4.79 Å². The standard InChI is InChI=1S/C19H17NO3S/c21-15-10-8-13(9-11-15)12-14(4-3-7-18(22)23)19-20-16-5-1-2-6-17(16)24-19/h1-2,5-6,8-12,21H,3-4,7H2,(H,22,23)/b14-12+. The maximum absolute atomic E-state index is 10.8. The maximum Gasteiger partial charge on any atom is 0.303 e. The van der Waals surface area contributed by atoms with Gasteiger partial charge in [-0.15, -0.1) is 11.3 Å². The number of fused-ring (bicyclic) bond motifs is 1. The lowest BCUT2D eigenvalue weighted by molar-refractivity contribution is -0.137. The summed E-state index contributed by atoms with van der Waals surface area (Å²) in [5.41, 5.74) is 2.92. The minimum Gasteiger partial charge on any atom is -0.508 e. The van der Waals surface area contributed by atoms with Crippen molar-refractivity contribution < 1.29 is 15.0 Å². The smallest absolute Gasteiger partial charge is 0.303 e. The Morgan fingerprint density at radius 3 is 2.54 bits per heavy atom. The molecular weight excluding hydrogens is 322 g/mol. The highest BCUT2D eigenvalue weighted by molar-refractivity contribution is 7.19. The van der Waals surface area contributed by atoms with Gasteiger partial charge in [0.15, 0.2) is 0 Å². The number of allylic oxidation sites excluding steroid dienone is 1. The fourth-order valence-electron chi connectivity index (χ4n) is 2.45. The van der Waals surface area contributed by atoms with Gasteiger partial charge in [0.2, 0.25) is 0 Å². The normalized spacial score (nSPS) is 11.8. The number of carboxylic acid groups (broad SMARTS) is 1. The molecule has 0 unspecified atom stereocenters. The van der Waals surface area contributed by atoms with Gasteiger partial charge in [-0.1, -0.05) is 24.3 Å². The molecule has 0 saturated carbocycles.